The molecule has 2 rings (SSSR count). The predicted molar refractivity (Wildman–Crippen MR) is 129 cm³/mol. The molecule has 0 saturated carbocycles. The van der Waals surface area contributed by atoms with E-state index in [1.807, 2.05) is 19.2 Å². The van der Waals surface area contributed by atoms with Crippen molar-refractivity contribution in [3.63, 3.8) is 0 Å². The minimum atomic E-state index is 0. The van der Waals surface area contributed by atoms with Gasteiger partial charge in [-0.1, -0.05) is 25.1 Å². The monoisotopic (exact) mass is 503 g/mol. The molecule has 0 bridgehead atoms. The first-order valence-electron chi connectivity index (χ1n) is 10.2. The summed E-state index contributed by atoms with van der Waals surface area (Å²) in [4.78, 5) is 9.08. The fraction of sp³-hybridized carbons (Fsp3) is 0.667. The molecule has 1 aliphatic rings. The highest BCUT2D eigenvalue weighted by atomic mass is 127. The molecule has 160 valence electrons. The molecule has 6 nitrogen and oxygen atoms in total. The van der Waals surface area contributed by atoms with E-state index in [1.54, 1.807) is 0 Å². The summed E-state index contributed by atoms with van der Waals surface area (Å²) in [5.74, 6) is 1.81. The average molecular weight is 503 g/mol. The van der Waals surface area contributed by atoms with Crippen LogP contribution in [0.25, 0.3) is 0 Å². The van der Waals surface area contributed by atoms with Gasteiger partial charge >= 0.3 is 0 Å². The van der Waals surface area contributed by atoms with Gasteiger partial charge in [-0.05, 0) is 46.0 Å². The summed E-state index contributed by atoms with van der Waals surface area (Å²) < 4.78 is 5.95. The van der Waals surface area contributed by atoms with Crippen LogP contribution in [0.1, 0.15) is 31.7 Å². The van der Waals surface area contributed by atoms with Crippen LogP contribution in [0.4, 0.5) is 0 Å². The van der Waals surface area contributed by atoms with Gasteiger partial charge < -0.3 is 25.2 Å². The predicted octanol–water partition coefficient (Wildman–Crippen LogP) is 2.78. The molecule has 0 aliphatic carbocycles. The summed E-state index contributed by atoms with van der Waals surface area (Å²) >= 11 is 0. The third kappa shape index (κ3) is 8.96. The second-order valence-corrected chi connectivity index (χ2v) is 7.45. The van der Waals surface area contributed by atoms with Gasteiger partial charge in [-0.2, -0.15) is 0 Å². The highest BCUT2D eigenvalue weighted by molar-refractivity contribution is 14.0. The van der Waals surface area contributed by atoms with E-state index in [9.17, 15) is 0 Å². The standard InChI is InChI=1S/C21H37N5O.HI/c1-5-12-26-13-10-19(11-14-26)24-21(22-2)23-17-18-8-6-7-9-20(18)27-16-15-25(3)4;/h6-9,19H,5,10-17H2,1-4H3,(H2,22,23,24);1H. The van der Waals surface area contributed by atoms with Crippen molar-refractivity contribution in [1.82, 2.24) is 20.4 Å². The zero-order valence-corrected chi connectivity index (χ0v) is 20.2. The quantitative estimate of drug-likeness (QED) is 0.309. The molecule has 28 heavy (non-hydrogen) atoms. The number of para-hydroxylation sites is 1. The van der Waals surface area contributed by atoms with Gasteiger partial charge in [0.15, 0.2) is 5.96 Å². The Morgan fingerprint density at radius 2 is 1.96 bits per heavy atom. The summed E-state index contributed by atoms with van der Waals surface area (Å²) in [6.45, 7) is 8.10. The maximum Gasteiger partial charge on any atom is 0.191 e. The lowest BCUT2D eigenvalue weighted by molar-refractivity contribution is 0.206. The summed E-state index contributed by atoms with van der Waals surface area (Å²) in [6.07, 6.45) is 3.58. The zero-order valence-electron chi connectivity index (χ0n) is 17.9. The van der Waals surface area contributed by atoms with Crippen molar-refractivity contribution in [2.24, 2.45) is 4.99 Å². The lowest BCUT2D eigenvalue weighted by Crippen LogP contribution is -2.48. The Balaban J connectivity index is 0.00000392. The Labute approximate surface area is 188 Å². The minimum absolute atomic E-state index is 0. The highest BCUT2D eigenvalue weighted by Crippen LogP contribution is 2.17. The van der Waals surface area contributed by atoms with Gasteiger partial charge in [-0.15, -0.1) is 24.0 Å². The van der Waals surface area contributed by atoms with Crippen LogP contribution in [0.2, 0.25) is 0 Å². The number of aliphatic imine (C=N–C) groups is 1. The van der Waals surface area contributed by atoms with Crippen molar-refractivity contribution in [2.75, 3.05) is 53.9 Å². The fourth-order valence-electron chi connectivity index (χ4n) is 3.31. The van der Waals surface area contributed by atoms with Crippen molar-refractivity contribution in [3.8, 4) is 5.75 Å². The first-order chi connectivity index (χ1) is 13.1. The molecule has 0 amide bonds. The number of ether oxygens (including phenoxy) is 1. The van der Waals surface area contributed by atoms with E-state index >= 15 is 0 Å². The third-order valence-electron chi connectivity index (χ3n) is 4.91. The summed E-state index contributed by atoms with van der Waals surface area (Å²) in [6, 6.07) is 8.71. The Hall–Kier alpha value is -1.06. The number of hydrogen-bond acceptors (Lipinski definition) is 4. The molecule has 0 aromatic heterocycles. The highest BCUT2D eigenvalue weighted by Gasteiger charge is 2.19. The number of likely N-dealkylation sites (tertiary alicyclic amines) is 1. The van der Waals surface area contributed by atoms with Crippen LogP contribution in [0.3, 0.4) is 0 Å². The number of nitrogens with zero attached hydrogens (tertiary/aromatic N) is 3. The van der Waals surface area contributed by atoms with E-state index in [0.717, 1.165) is 23.8 Å². The van der Waals surface area contributed by atoms with Gasteiger partial charge in [0.2, 0.25) is 0 Å². The summed E-state index contributed by atoms with van der Waals surface area (Å²) in [5.41, 5.74) is 1.15. The third-order valence-corrected chi connectivity index (χ3v) is 4.91. The van der Waals surface area contributed by atoms with E-state index in [4.69, 9.17) is 4.74 Å². The molecular formula is C21H38IN5O. The molecule has 1 heterocycles. The Morgan fingerprint density at radius 3 is 2.61 bits per heavy atom. The molecule has 7 heteroatoms. The van der Waals surface area contributed by atoms with Crippen molar-refractivity contribution in [1.29, 1.82) is 0 Å². The Kier molecular flexibility index (Phi) is 12.5. The maximum atomic E-state index is 5.95. The Bertz CT molecular complexity index is 574. The SMILES string of the molecule is CCCN1CCC(NC(=NC)NCc2ccccc2OCCN(C)C)CC1.I. The molecule has 1 aliphatic heterocycles. The number of piperidine rings is 1. The van der Waals surface area contributed by atoms with E-state index in [0.29, 0.717) is 19.2 Å². The van der Waals surface area contributed by atoms with Crippen LogP contribution in [-0.4, -0.2) is 75.7 Å². The molecule has 0 radical (unpaired) electrons. The molecule has 1 aromatic rings. The van der Waals surface area contributed by atoms with Crippen LogP contribution in [0.15, 0.2) is 29.3 Å². The van der Waals surface area contributed by atoms with Crippen molar-refractivity contribution in [3.05, 3.63) is 29.8 Å². The van der Waals surface area contributed by atoms with Crippen LogP contribution in [0, 0.1) is 0 Å². The lowest BCUT2D eigenvalue weighted by atomic mass is 10.1. The van der Waals surface area contributed by atoms with E-state index in [-0.39, 0.29) is 24.0 Å². The molecule has 0 atom stereocenters. The number of hydrogen-bond donors (Lipinski definition) is 2. The van der Waals surface area contributed by atoms with E-state index in [2.05, 4.69) is 58.6 Å². The van der Waals surface area contributed by atoms with Crippen LogP contribution >= 0.6 is 24.0 Å². The topological polar surface area (TPSA) is 52.1 Å². The number of nitrogens with one attached hydrogen (secondary N) is 2. The summed E-state index contributed by atoms with van der Waals surface area (Å²) in [7, 11) is 5.94. The first kappa shape index (κ1) is 25.0. The molecule has 0 spiro atoms. The van der Waals surface area contributed by atoms with Crippen molar-refractivity contribution < 1.29 is 4.74 Å². The first-order valence-corrected chi connectivity index (χ1v) is 10.2. The van der Waals surface area contributed by atoms with Crippen LogP contribution < -0.4 is 15.4 Å². The normalized spacial score (nSPS) is 16.0. The Morgan fingerprint density at radius 1 is 1.25 bits per heavy atom. The average Bonchev–Trinajstić information content (AvgIpc) is 2.67. The number of halogens is 1. The number of benzene rings is 1. The second-order valence-electron chi connectivity index (χ2n) is 7.45. The molecule has 1 aromatic carbocycles. The summed E-state index contributed by atoms with van der Waals surface area (Å²) in [5, 5.41) is 7.02. The molecular weight excluding hydrogens is 465 g/mol. The lowest BCUT2D eigenvalue weighted by Gasteiger charge is -2.32. The van der Waals surface area contributed by atoms with Gasteiger partial charge in [0.25, 0.3) is 0 Å². The van der Waals surface area contributed by atoms with E-state index < -0.39 is 0 Å². The molecule has 1 fully saturated rings. The van der Waals surface area contributed by atoms with Crippen molar-refractivity contribution >= 4 is 29.9 Å². The molecule has 2 N–H and O–H groups in total. The maximum absolute atomic E-state index is 5.95. The fourth-order valence-corrected chi connectivity index (χ4v) is 3.31. The van der Waals surface area contributed by atoms with Crippen LogP contribution in [-0.2, 0) is 6.54 Å². The van der Waals surface area contributed by atoms with Gasteiger partial charge in [-0.3, -0.25) is 4.99 Å². The van der Waals surface area contributed by atoms with Gasteiger partial charge in [0, 0.05) is 44.8 Å². The zero-order chi connectivity index (χ0) is 19.5. The van der Waals surface area contributed by atoms with Gasteiger partial charge in [-0.25, -0.2) is 0 Å². The van der Waals surface area contributed by atoms with E-state index in [1.165, 1.54) is 38.9 Å². The smallest absolute Gasteiger partial charge is 0.191 e. The molecule has 0 unspecified atom stereocenters. The van der Waals surface area contributed by atoms with Crippen molar-refractivity contribution in [2.45, 2.75) is 38.8 Å². The van der Waals surface area contributed by atoms with Gasteiger partial charge in [0.1, 0.15) is 12.4 Å². The number of guanidine groups is 1. The molecule has 1 saturated heterocycles. The number of rotatable bonds is 9. The van der Waals surface area contributed by atoms with Crippen LogP contribution in [0.5, 0.6) is 5.75 Å². The second kappa shape index (κ2) is 14.0. The number of likely N-dealkylation sites (N-methyl/N-ethyl adjacent to an activating group) is 1. The minimum Gasteiger partial charge on any atom is -0.492 e. The largest absolute Gasteiger partial charge is 0.492 e. The van der Waals surface area contributed by atoms with Gasteiger partial charge in [0.05, 0.1) is 0 Å².